The molecule has 0 unspecified atom stereocenters. The molecule has 1 saturated heterocycles. The molecule has 0 bridgehead atoms. The number of carbonyl (C=O) groups excluding carboxylic acids is 2. The number of piperidine rings is 1. The van der Waals surface area contributed by atoms with Crippen LogP contribution in [0.1, 0.15) is 12.0 Å². The number of amides is 1. The Labute approximate surface area is 112 Å². The first kappa shape index (κ1) is 12.2. The quantitative estimate of drug-likeness (QED) is 0.778. The molecule has 1 aliphatic carbocycles. The van der Waals surface area contributed by atoms with Gasteiger partial charge in [0.05, 0.1) is 0 Å². The summed E-state index contributed by atoms with van der Waals surface area (Å²) >= 11 is 0. The van der Waals surface area contributed by atoms with Crippen molar-refractivity contribution in [2.75, 3.05) is 13.1 Å². The SMILES string of the molecule is O=CC[C@@H]1[C@H]2CN(C(=O)OCc3ccccc3)C[C@@H]12. The Morgan fingerprint density at radius 3 is 2.58 bits per heavy atom. The number of benzene rings is 1. The molecule has 1 aromatic rings. The molecular weight excluding hydrogens is 242 g/mol. The summed E-state index contributed by atoms with van der Waals surface area (Å²) in [7, 11) is 0. The van der Waals surface area contributed by atoms with Gasteiger partial charge in [0.15, 0.2) is 0 Å². The molecule has 1 saturated carbocycles. The summed E-state index contributed by atoms with van der Waals surface area (Å²) in [6.45, 7) is 1.82. The maximum atomic E-state index is 11.9. The average molecular weight is 259 g/mol. The maximum absolute atomic E-state index is 11.9. The number of fused-ring (bicyclic) bond motifs is 1. The smallest absolute Gasteiger partial charge is 0.410 e. The molecule has 3 rings (SSSR count). The van der Waals surface area contributed by atoms with Crippen LogP contribution in [0.4, 0.5) is 4.79 Å². The zero-order chi connectivity index (χ0) is 13.2. The summed E-state index contributed by atoms with van der Waals surface area (Å²) in [6.07, 6.45) is 1.39. The summed E-state index contributed by atoms with van der Waals surface area (Å²) < 4.78 is 5.29. The third-order valence-corrected chi connectivity index (χ3v) is 4.20. The second kappa shape index (κ2) is 5.03. The third-order valence-electron chi connectivity index (χ3n) is 4.20. The first-order chi connectivity index (χ1) is 9.29. The fourth-order valence-electron chi connectivity index (χ4n) is 3.07. The van der Waals surface area contributed by atoms with E-state index < -0.39 is 0 Å². The fraction of sp³-hybridized carbons (Fsp3) is 0.467. The van der Waals surface area contributed by atoms with Crippen LogP contribution in [0.5, 0.6) is 0 Å². The van der Waals surface area contributed by atoms with Gasteiger partial charge in [0, 0.05) is 19.5 Å². The topological polar surface area (TPSA) is 46.6 Å². The number of hydrogen-bond donors (Lipinski definition) is 0. The van der Waals surface area contributed by atoms with E-state index in [1.807, 2.05) is 30.3 Å². The van der Waals surface area contributed by atoms with E-state index in [0.717, 1.165) is 24.9 Å². The van der Waals surface area contributed by atoms with Crippen molar-refractivity contribution in [1.29, 1.82) is 0 Å². The zero-order valence-electron chi connectivity index (χ0n) is 10.7. The van der Waals surface area contributed by atoms with Crippen LogP contribution in [0.2, 0.25) is 0 Å². The largest absolute Gasteiger partial charge is 0.445 e. The molecule has 1 heterocycles. The van der Waals surface area contributed by atoms with Gasteiger partial charge in [-0.05, 0) is 23.3 Å². The number of nitrogens with zero attached hydrogens (tertiary/aromatic N) is 1. The molecular formula is C15H17NO3. The summed E-state index contributed by atoms with van der Waals surface area (Å²) in [5.74, 6) is 1.56. The molecule has 1 amide bonds. The number of hydrogen-bond acceptors (Lipinski definition) is 3. The predicted molar refractivity (Wildman–Crippen MR) is 69.4 cm³/mol. The van der Waals surface area contributed by atoms with Gasteiger partial charge in [-0.2, -0.15) is 0 Å². The van der Waals surface area contributed by atoms with Gasteiger partial charge in [0.2, 0.25) is 0 Å². The molecule has 3 atom stereocenters. The molecule has 1 aliphatic heterocycles. The fourth-order valence-corrected chi connectivity index (χ4v) is 3.07. The molecule has 0 spiro atoms. The molecule has 2 fully saturated rings. The molecule has 0 aromatic heterocycles. The van der Waals surface area contributed by atoms with E-state index in [9.17, 15) is 9.59 Å². The molecule has 4 heteroatoms. The summed E-state index contributed by atoms with van der Waals surface area (Å²) in [4.78, 5) is 24.1. The van der Waals surface area contributed by atoms with Gasteiger partial charge in [-0.3, -0.25) is 0 Å². The molecule has 0 radical (unpaired) electrons. The van der Waals surface area contributed by atoms with Crippen molar-refractivity contribution in [3.05, 3.63) is 35.9 Å². The van der Waals surface area contributed by atoms with E-state index in [0.29, 0.717) is 30.8 Å². The van der Waals surface area contributed by atoms with Gasteiger partial charge in [-0.25, -0.2) is 4.79 Å². The Morgan fingerprint density at radius 2 is 1.95 bits per heavy atom. The van der Waals surface area contributed by atoms with Gasteiger partial charge < -0.3 is 14.4 Å². The minimum atomic E-state index is -0.235. The second-order valence-electron chi connectivity index (χ2n) is 5.34. The Morgan fingerprint density at radius 1 is 1.26 bits per heavy atom. The lowest BCUT2D eigenvalue weighted by atomic mass is 10.2. The van der Waals surface area contributed by atoms with E-state index in [-0.39, 0.29) is 6.09 Å². The van der Waals surface area contributed by atoms with E-state index in [1.54, 1.807) is 4.90 Å². The minimum Gasteiger partial charge on any atom is -0.445 e. The molecule has 2 aliphatic rings. The van der Waals surface area contributed by atoms with Gasteiger partial charge in [0.1, 0.15) is 12.9 Å². The van der Waals surface area contributed by atoms with Crippen LogP contribution in [0.25, 0.3) is 0 Å². The number of aldehydes is 1. The Balaban J connectivity index is 1.45. The number of carbonyl (C=O) groups is 2. The first-order valence-electron chi connectivity index (χ1n) is 6.69. The van der Waals surface area contributed by atoms with Crippen LogP contribution in [-0.4, -0.2) is 30.4 Å². The highest BCUT2D eigenvalue weighted by Gasteiger charge is 2.56. The van der Waals surface area contributed by atoms with E-state index in [1.165, 1.54) is 0 Å². The molecule has 19 heavy (non-hydrogen) atoms. The van der Waals surface area contributed by atoms with Crippen LogP contribution < -0.4 is 0 Å². The van der Waals surface area contributed by atoms with E-state index in [2.05, 4.69) is 0 Å². The Kier molecular flexibility index (Phi) is 3.23. The lowest BCUT2D eigenvalue weighted by Gasteiger charge is -2.19. The standard InChI is InChI=1S/C15H17NO3/c17-7-6-12-13-8-16(9-14(12)13)15(18)19-10-11-4-2-1-3-5-11/h1-5,7,12-14H,6,8-10H2/t12-,13-,14+. The van der Waals surface area contributed by atoms with Crippen molar-refractivity contribution < 1.29 is 14.3 Å². The lowest BCUT2D eigenvalue weighted by molar-refractivity contribution is -0.108. The van der Waals surface area contributed by atoms with E-state index in [4.69, 9.17) is 4.74 Å². The third kappa shape index (κ3) is 2.48. The molecule has 1 aromatic carbocycles. The van der Waals surface area contributed by atoms with E-state index >= 15 is 0 Å². The summed E-state index contributed by atoms with van der Waals surface area (Å²) in [5.41, 5.74) is 0.999. The monoisotopic (exact) mass is 259 g/mol. The van der Waals surface area contributed by atoms with Crippen LogP contribution in [0, 0.1) is 17.8 Å². The number of ether oxygens (including phenoxy) is 1. The first-order valence-corrected chi connectivity index (χ1v) is 6.69. The van der Waals surface area contributed by atoms with Crippen LogP contribution in [-0.2, 0) is 16.1 Å². The molecule has 0 N–H and O–H groups in total. The predicted octanol–water partition coefficient (Wildman–Crippen LogP) is 2.09. The van der Waals surface area contributed by atoms with Crippen LogP contribution >= 0.6 is 0 Å². The van der Waals surface area contributed by atoms with Crippen LogP contribution in [0.15, 0.2) is 30.3 Å². The Hall–Kier alpha value is -1.84. The highest BCUT2D eigenvalue weighted by atomic mass is 16.6. The summed E-state index contributed by atoms with van der Waals surface area (Å²) in [6, 6.07) is 9.67. The molecule has 100 valence electrons. The van der Waals surface area contributed by atoms with Gasteiger partial charge in [-0.1, -0.05) is 30.3 Å². The lowest BCUT2D eigenvalue weighted by Crippen LogP contribution is -2.32. The highest BCUT2D eigenvalue weighted by molar-refractivity contribution is 5.68. The van der Waals surface area contributed by atoms with Crippen molar-refractivity contribution in [2.24, 2.45) is 17.8 Å². The summed E-state index contributed by atoms with van der Waals surface area (Å²) in [5, 5.41) is 0. The number of rotatable bonds is 4. The van der Waals surface area contributed by atoms with Crippen molar-refractivity contribution >= 4 is 12.4 Å². The maximum Gasteiger partial charge on any atom is 0.410 e. The van der Waals surface area contributed by atoms with Gasteiger partial charge >= 0.3 is 6.09 Å². The van der Waals surface area contributed by atoms with Crippen molar-refractivity contribution in [3.63, 3.8) is 0 Å². The zero-order valence-corrected chi connectivity index (χ0v) is 10.7. The van der Waals surface area contributed by atoms with Crippen molar-refractivity contribution in [3.8, 4) is 0 Å². The average Bonchev–Trinajstić information content (AvgIpc) is 2.89. The highest BCUT2D eigenvalue weighted by Crippen LogP contribution is 2.53. The minimum absolute atomic E-state index is 0.235. The normalized spacial score (nSPS) is 27.8. The van der Waals surface area contributed by atoms with Gasteiger partial charge in [-0.15, -0.1) is 0 Å². The molecule has 4 nitrogen and oxygen atoms in total. The van der Waals surface area contributed by atoms with Crippen LogP contribution in [0.3, 0.4) is 0 Å². The van der Waals surface area contributed by atoms with Crippen molar-refractivity contribution in [2.45, 2.75) is 13.0 Å². The number of likely N-dealkylation sites (tertiary alicyclic amines) is 1. The van der Waals surface area contributed by atoms with Crippen molar-refractivity contribution in [1.82, 2.24) is 4.90 Å². The van der Waals surface area contributed by atoms with Gasteiger partial charge in [0.25, 0.3) is 0 Å². The second-order valence-corrected chi connectivity index (χ2v) is 5.34. The Bertz CT molecular complexity index is 462.